The highest BCUT2D eigenvalue weighted by atomic mass is 16.5. The highest BCUT2D eigenvalue weighted by Crippen LogP contribution is 2.41. The van der Waals surface area contributed by atoms with Crippen LogP contribution in [0.25, 0.3) is 0 Å². The third-order valence-corrected chi connectivity index (χ3v) is 2.99. The summed E-state index contributed by atoms with van der Waals surface area (Å²) in [6.45, 7) is 3.20. The first-order valence-electron chi connectivity index (χ1n) is 5.72. The molecule has 82 valence electrons. The lowest BCUT2D eigenvalue weighted by Crippen LogP contribution is -2.22. The van der Waals surface area contributed by atoms with Gasteiger partial charge >= 0.3 is 0 Å². The van der Waals surface area contributed by atoms with Crippen molar-refractivity contribution in [1.82, 2.24) is 5.32 Å². The molecule has 2 nitrogen and oxygen atoms in total. The van der Waals surface area contributed by atoms with Gasteiger partial charge in [-0.25, -0.2) is 0 Å². The van der Waals surface area contributed by atoms with Crippen molar-refractivity contribution in [1.29, 1.82) is 0 Å². The Morgan fingerprint density at radius 2 is 2.00 bits per heavy atom. The van der Waals surface area contributed by atoms with Crippen LogP contribution in [-0.2, 0) is 0 Å². The zero-order valence-corrected chi connectivity index (χ0v) is 9.49. The molecule has 1 saturated carbocycles. The summed E-state index contributed by atoms with van der Waals surface area (Å²) in [5.74, 6) is 1.78. The number of nitrogens with one attached hydrogen (secondary N) is 1. The fraction of sp³-hybridized carbons (Fsp3) is 0.538. The van der Waals surface area contributed by atoms with Gasteiger partial charge < -0.3 is 10.1 Å². The largest absolute Gasteiger partial charge is 0.497 e. The molecule has 1 aromatic rings. The minimum atomic E-state index is 0.543. The van der Waals surface area contributed by atoms with Crippen LogP contribution >= 0.6 is 0 Å². The molecule has 0 amide bonds. The van der Waals surface area contributed by atoms with E-state index in [1.54, 1.807) is 7.11 Å². The standard InChI is InChI=1S/C13H19NO/c1-3-14-13(10-4-5-10)11-6-8-12(15-2)9-7-11/h6-10,13-14H,3-5H2,1-2H3. The van der Waals surface area contributed by atoms with Crippen LogP contribution in [0.3, 0.4) is 0 Å². The van der Waals surface area contributed by atoms with Crippen LogP contribution in [0.15, 0.2) is 24.3 Å². The fourth-order valence-corrected chi connectivity index (χ4v) is 2.02. The molecule has 1 aromatic carbocycles. The first-order chi connectivity index (χ1) is 7.35. The molecule has 15 heavy (non-hydrogen) atoms. The Hall–Kier alpha value is -1.02. The molecule has 0 radical (unpaired) electrons. The molecule has 2 heteroatoms. The van der Waals surface area contributed by atoms with Crippen molar-refractivity contribution in [3.05, 3.63) is 29.8 Å². The Balaban J connectivity index is 2.10. The van der Waals surface area contributed by atoms with Crippen molar-refractivity contribution in [2.45, 2.75) is 25.8 Å². The van der Waals surface area contributed by atoms with Crippen molar-refractivity contribution >= 4 is 0 Å². The molecule has 0 bridgehead atoms. The van der Waals surface area contributed by atoms with E-state index in [4.69, 9.17) is 4.74 Å². The summed E-state index contributed by atoms with van der Waals surface area (Å²) in [7, 11) is 1.71. The Kier molecular flexibility index (Phi) is 3.27. The third kappa shape index (κ3) is 2.51. The molecule has 0 heterocycles. The normalized spacial score (nSPS) is 17.5. The third-order valence-electron chi connectivity index (χ3n) is 2.99. The van der Waals surface area contributed by atoms with Crippen molar-refractivity contribution in [3.8, 4) is 5.75 Å². The number of methoxy groups -OCH3 is 1. The van der Waals surface area contributed by atoms with E-state index < -0.39 is 0 Å². The summed E-state index contributed by atoms with van der Waals surface area (Å²) in [6.07, 6.45) is 2.73. The first-order valence-corrected chi connectivity index (χ1v) is 5.72. The quantitative estimate of drug-likeness (QED) is 0.798. The molecule has 2 rings (SSSR count). The fourth-order valence-electron chi connectivity index (χ4n) is 2.02. The van der Waals surface area contributed by atoms with Gasteiger partial charge in [-0.3, -0.25) is 0 Å². The second kappa shape index (κ2) is 4.67. The number of benzene rings is 1. The van der Waals surface area contributed by atoms with Gasteiger partial charge in [0.25, 0.3) is 0 Å². The maximum Gasteiger partial charge on any atom is 0.118 e. The molecule has 1 fully saturated rings. The van der Waals surface area contributed by atoms with Crippen LogP contribution in [0.4, 0.5) is 0 Å². The monoisotopic (exact) mass is 205 g/mol. The van der Waals surface area contributed by atoms with Gasteiger partial charge in [0.05, 0.1) is 7.11 Å². The predicted molar refractivity (Wildman–Crippen MR) is 62.1 cm³/mol. The first kappa shape index (κ1) is 10.5. The predicted octanol–water partition coefficient (Wildman–Crippen LogP) is 2.76. The summed E-state index contributed by atoms with van der Waals surface area (Å²) in [4.78, 5) is 0. The van der Waals surface area contributed by atoms with E-state index in [1.165, 1.54) is 18.4 Å². The van der Waals surface area contributed by atoms with Crippen LogP contribution in [0, 0.1) is 5.92 Å². The molecule has 0 saturated heterocycles. The van der Waals surface area contributed by atoms with Gasteiger partial charge in [-0.1, -0.05) is 19.1 Å². The van der Waals surface area contributed by atoms with Crippen LogP contribution in [-0.4, -0.2) is 13.7 Å². The molecule has 1 N–H and O–H groups in total. The maximum atomic E-state index is 5.16. The lowest BCUT2D eigenvalue weighted by atomic mass is 10.0. The molecule has 1 atom stereocenters. The van der Waals surface area contributed by atoms with Gasteiger partial charge in [-0.05, 0) is 43.0 Å². The van der Waals surface area contributed by atoms with E-state index in [0.717, 1.165) is 18.2 Å². The molecular formula is C13H19NO. The van der Waals surface area contributed by atoms with Crippen LogP contribution in [0.5, 0.6) is 5.75 Å². The van der Waals surface area contributed by atoms with Crippen LogP contribution in [0.2, 0.25) is 0 Å². The molecule has 1 aliphatic carbocycles. The zero-order chi connectivity index (χ0) is 10.7. The Morgan fingerprint density at radius 3 is 2.47 bits per heavy atom. The lowest BCUT2D eigenvalue weighted by molar-refractivity contribution is 0.414. The molecular weight excluding hydrogens is 186 g/mol. The van der Waals surface area contributed by atoms with E-state index in [1.807, 2.05) is 12.1 Å². The van der Waals surface area contributed by atoms with Gasteiger partial charge in [0.2, 0.25) is 0 Å². The summed E-state index contributed by atoms with van der Waals surface area (Å²) >= 11 is 0. The van der Waals surface area contributed by atoms with Gasteiger partial charge in [0, 0.05) is 6.04 Å². The minimum Gasteiger partial charge on any atom is -0.497 e. The summed E-state index contributed by atoms with van der Waals surface area (Å²) in [5.41, 5.74) is 1.39. The Bertz CT molecular complexity index is 303. The summed E-state index contributed by atoms with van der Waals surface area (Å²) in [5, 5.41) is 3.56. The molecule has 1 unspecified atom stereocenters. The van der Waals surface area contributed by atoms with Gasteiger partial charge in [0.15, 0.2) is 0 Å². The van der Waals surface area contributed by atoms with Gasteiger partial charge in [0.1, 0.15) is 5.75 Å². The molecule has 1 aliphatic rings. The van der Waals surface area contributed by atoms with E-state index >= 15 is 0 Å². The zero-order valence-electron chi connectivity index (χ0n) is 9.49. The maximum absolute atomic E-state index is 5.16. The van der Waals surface area contributed by atoms with Gasteiger partial charge in [-0.2, -0.15) is 0 Å². The molecule has 0 aromatic heterocycles. The van der Waals surface area contributed by atoms with Crippen molar-refractivity contribution in [2.75, 3.05) is 13.7 Å². The highest BCUT2D eigenvalue weighted by Gasteiger charge is 2.31. The average molecular weight is 205 g/mol. The highest BCUT2D eigenvalue weighted by molar-refractivity contribution is 5.30. The van der Waals surface area contributed by atoms with E-state index in [0.29, 0.717) is 6.04 Å². The number of ether oxygens (including phenoxy) is 1. The number of hydrogen-bond acceptors (Lipinski definition) is 2. The van der Waals surface area contributed by atoms with E-state index in [9.17, 15) is 0 Å². The summed E-state index contributed by atoms with van der Waals surface area (Å²) < 4.78 is 5.16. The smallest absolute Gasteiger partial charge is 0.118 e. The topological polar surface area (TPSA) is 21.3 Å². The number of rotatable bonds is 5. The van der Waals surface area contributed by atoms with Crippen molar-refractivity contribution in [3.63, 3.8) is 0 Å². The van der Waals surface area contributed by atoms with E-state index in [-0.39, 0.29) is 0 Å². The minimum absolute atomic E-state index is 0.543. The van der Waals surface area contributed by atoms with Crippen molar-refractivity contribution in [2.24, 2.45) is 5.92 Å². The Labute approximate surface area is 91.6 Å². The summed E-state index contributed by atoms with van der Waals surface area (Å²) in [6, 6.07) is 8.97. The average Bonchev–Trinajstić information content (AvgIpc) is 3.10. The second-order valence-electron chi connectivity index (χ2n) is 4.15. The lowest BCUT2D eigenvalue weighted by Gasteiger charge is -2.17. The van der Waals surface area contributed by atoms with E-state index in [2.05, 4.69) is 24.4 Å². The second-order valence-corrected chi connectivity index (χ2v) is 4.15. The van der Waals surface area contributed by atoms with Gasteiger partial charge in [-0.15, -0.1) is 0 Å². The SMILES string of the molecule is CCNC(c1ccc(OC)cc1)C1CC1. The van der Waals surface area contributed by atoms with Crippen LogP contribution in [0.1, 0.15) is 31.4 Å². The number of hydrogen-bond donors (Lipinski definition) is 1. The Morgan fingerprint density at radius 1 is 1.33 bits per heavy atom. The molecule has 0 aliphatic heterocycles. The molecule has 0 spiro atoms. The van der Waals surface area contributed by atoms with Crippen molar-refractivity contribution < 1.29 is 4.74 Å². The van der Waals surface area contributed by atoms with Crippen LogP contribution < -0.4 is 10.1 Å².